The third kappa shape index (κ3) is 4.47. The Bertz CT molecular complexity index is 1040. The lowest BCUT2D eigenvalue weighted by Gasteiger charge is -2.12. The van der Waals surface area contributed by atoms with E-state index in [0.29, 0.717) is 33.2 Å². The fraction of sp³-hybridized carbons (Fsp3) is 0.0952. The van der Waals surface area contributed by atoms with E-state index in [1.807, 2.05) is 13.0 Å². The number of esters is 1. The smallest absolute Gasteiger partial charge is 0.339 e. The summed E-state index contributed by atoms with van der Waals surface area (Å²) >= 11 is 6.10. The Morgan fingerprint density at radius 3 is 2.57 bits per heavy atom. The van der Waals surface area contributed by atoms with Crippen LogP contribution in [-0.2, 0) is 4.74 Å². The summed E-state index contributed by atoms with van der Waals surface area (Å²) in [5.41, 5.74) is 3.38. The first kappa shape index (κ1) is 19.4. The van der Waals surface area contributed by atoms with Gasteiger partial charge in [0.1, 0.15) is 0 Å². The number of aryl methyl sites for hydroxylation is 1. The quantitative estimate of drug-likeness (QED) is 0.605. The molecule has 0 spiro atoms. The van der Waals surface area contributed by atoms with E-state index in [4.69, 9.17) is 16.3 Å². The van der Waals surface area contributed by atoms with Crippen molar-refractivity contribution in [1.82, 2.24) is 4.98 Å². The number of ether oxygens (including phenoxy) is 1. The van der Waals surface area contributed by atoms with Crippen LogP contribution in [-0.4, -0.2) is 24.0 Å². The van der Waals surface area contributed by atoms with Gasteiger partial charge in [0.2, 0.25) is 0 Å². The number of amides is 1. The first-order chi connectivity index (χ1) is 13.5. The van der Waals surface area contributed by atoms with Crippen molar-refractivity contribution in [2.45, 2.75) is 6.92 Å². The van der Waals surface area contributed by atoms with Crippen LogP contribution in [0.25, 0.3) is 0 Å². The van der Waals surface area contributed by atoms with Crippen LogP contribution in [0.2, 0.25) is 5.02 Å². The number of halogens is 1. The van der Waals surface area contributed by atoms with Gasteiger partial charge in [-0.15, -0.1) is 0 Å². The van der Waals surface area contributed by atoms with Crippen molar-refractivity contribution in [3.63, 3.8) is 0 Å². The number of rotatable bonds is 5. The number of nitrogens with one attached hydrogen (secondary N) is 2. The molecule has 1 amide bonds. The molecule has 0 aliphatic rings. The van der Waals surface area contributed by atoms with Crippen LogP contribution in [0.3, 0.4) is 0 Å². The number of aromatic nitrogens is 1. The summed E-state index contributed by atoms with van der Waals surface area (Å²) in [6.45, 7) is 1.89. The maximum absolute atomic E-state index is 12.5. The zero-order valence-electron chi connectivity index (χ0n) is 15.3. The highest BCUT2D eigenvalue weighted by molar-refractivity contribution is 6.31. The molecule has 2 N–H and O–H groups in total. The van der Waals surface area contributed by atoms with Crippen molar-refractivity contribution in [3.05, 3.63) is 82.6 Å². The topological polar surface area (TPSA) is 80.3 Å². The number of benzene rings is 2. The molecular formula is C21H18ClN3O3. The first-order valence-electron chi connectivity index (χ1n) is 8.45. The lowest BCUT2D eigenvalue weighted by Crippen LogP contribution is -2.12. The molecule has 0 aliphatic heterocycles. The SMILES string of the molecule is COC(=O)c1ccccc1Nc1cncc(C(=O)Nc2ccc(C)c(Cl)c2)c1. The number of carbonyl (C=O) groups excluding carboxylic acids is 2. The summed E-state index contributed by atoms with van der Waals surface area (Å²) in [6.07, 6.45) is 3.02. The largest absolute Gasteiger partial charge is 0.465 e. The van der Waals surface area contributed by atoms with Gasteiger partial charge in [0.05, 0.1) is 35.8 Å². The predicted octanol–water partition coefficient (Wildman–Crippen LogP) is 4.83. The summed E-state index contributed by atoms with van der Waals surface area (Å²) < 4.78 is 4.79. The van der Waals surface area contributed by atoms with Gasteiger partial charge in [-0.3, -0.25) is 9.78 Å². The maximum Gasteiger partial charge on any atom is 0.339 e. The highest BCUT2D eigenvalue weighted by Crippen LogP contribution is 2.23. The average molecular weight is 396 g/mol. The van der Waals surface area contributed by atoms with E-state index < -0.39 is 5.97 Å². The lowest BCUT2D eigenvalue weighted by molar-refractivity contribution is 0.0601. The van der Waals surface area contributed by atoms with Crippen molar-refractivity contribution in [2.24, 2.45) is 0 Å². The molecule has 0 atom stereocenters. The van der Waals surface area contributed by atoms with Crippen molar-refractivity contribution in [3.8, 4) is 0 Å². The van der Waals surface area contributed by atoms with Crippen LogP contribution < -0.4 is 10.6 Å². The second-order valence-corrected chi connectivity index (χ2v) is 6.45. The van der Waals surface area contributed by atoms with E-state index in [1.54, 1.807) is 48.7 Å². The molecule has 1 heterocycles. The van der Waals surface area contributed by atoms with Crippen molar-refractivity contribution < 1.29 is 14.3 Å². The van der Waals surface area contributed by atoms with E-state index in [-0.39, 0.29) is 5.91 Å². The molecule has 0 aliphatic carbocycles. The Hall–Kier alpha value is -3.38. The number of hydrogen-bond acceptors (Lipinski definition) is 5. The molecule has 1 aromatic heterocycles. The van der Waals surface area contributed by atoms with Gasteiger partial charge in [-0.2, -0.15) is 0 Å². The fourth-order valence-electron chi connectivity index (χ4n) is 2.54. The lowest BCUT2D eigenvalue weighted by atomic mass is 10.1. The summed E-state index contributed by atoms with van der Waals surface area (Å²) in [5.74, 6) is -0.779. The van der Waals surface area contributed by atoms with Crippen LogP contribution in [0.1, 0.15) is 26.3 Å². The molecule has 6 nitrogen and oxygen atoms in total. The minimum Gasteiger partial charge on any atom is -0.465 e. The zero-order valence-corrected chi connectivity index (χ0v) is 16.1. The van der Waals surface area contributed by atoms with Crippen LogP contribution >= 0.6 is 11.6 Å². The van der Waals surface area contributed by atoms with Crippen LogP contribution in [0, 0.1) is 6.92 Å². The van der Waals surface area contributed by atoms with E-state index in [0.717, 1.165) is 5.56 Å². The first-order valence-corrected chi connectivity index (χ1v) is 8.82. The summed E-state index contributed by atoms with van der Waals surface area (Å²) in [6, 6.07) is 13.9. The molecule has 3 rings (SSSR count). The molecule has 0 saturated heterocycles. The predicted molar refractivity (Wildman–Crippen MR) is 109 cm³/mol. The second-order valence-electron chi connectivity index (χ2n) is 6.04. The number of carbonyl (C=O) groups is 2. The van der Waals surface area contributed by atoms with Gasteiger partial charge in [-0.25, -0.2) is 4.79 Å². The number of methoxy groups -OCH3 is 1. The third-order valence-corrected chi connectivity index (χ3v) is 4.45. The van der Waals surface area contributed by atoms with E-state index in [9.17, 15) is 9.59 Å². The normalized spacial score (nSPS) is 10.2. The summed E-state index contributed by atoms with van der Waals surface area (Å²) in [7, 11) is 1.32. The maximum atomic E-state index is 12.5. The Morgan fingerprint density at radius 2 is 1.82 bits per heavy atom. The van der Waals surface area contributed by atoms with Crippen LogP contribution in [0.5, 0.6) is 0 Å². The summed E-state index contributed by atoms with van der Waals surface area (Å²) in [4.78, 5) is 28.5. The van der Waals surface area contributed by atoms with Gasteiger partial charge in [0, 0.05) is 16.9 Å². The molecule has 0 bridgehead atoms. The summed E-state index contributed by atoms with van der Waals surface area (Å²) in [5, 5.41) is 6.46. The molecule has 3 aromatic rings. The molecule has 0 saturated carbocycles. The van der Waals surface area contributed by atoms with E-state index in [2.05, 4.69) is 15.6 Å². The Labute approximate surface area is 167 Å². The Morgan fingerprint density at radius 1 is 1.04 bits per heavy atom. The number of pyridine rings is 1. The van der Waals surface area contributed by atoms with Crippen LogP contribution in [0.4, 0.5) is 17.1 Å². The van der Waals surface area contributed by atoms with Gasteiger partial charge in [-0.05, 0) is 42.8 Å². The third-order valence-electron chi connectivity index (χ3n) is 4.04. The van der Waals surface area contributed by atoms with E-state index >= 15 is 0 Å². The number of hydrogen-bond donors (Lipinski definition) is 2. The molecule has 2 aromatic carbocycles. The highest BCUT2D eigenvalue weighted by Gasteiger charge is 2.13. The minimum absolute atomic E-state index is 0.322. The zero-order chi connectivity index (χ0) is 20.1. The van der Waals surface area contributed by atoms with Gasteiger partial charge < -0.3 is 15.4 Å². The van der Waals surface area contributed by atoms with Gasteiger partial charge >= 0.3 is 5.97 Å². The number of anilines is 3. The van der Waals surface area contributed by atoms with Gasteiger partial charge in [0.25, 0.3) is 5.91 Å². The fourth-order valence-corrected chi connectivity index (χ4v) is 2.72. The van der Waals surface area contributed by atoms with Crippen molar-refractivity contribution in [1.29, 1.82) is 0 Å². The van der Waals surface area contributed by atoms with Crippen molar-refractivity contribution >= 4 is 40.5 Å². The van der Waals surface area contributed by atoms with Gasteiger partial charge in [-0.1, -0.05) is 29.8 Å². The number of para-hydroxylation sites is 1. The van der Waals surface area contributed by atoms with Gasteiger partial charge in [0.15, 0.2) is 0 Å². The molecule has 7 heteroatoms. The Balaban J connectivity index is 1.80. The minimum atomic E-state index is -0.457. The number of nitrogens with zero attached hydrogens (tertiary/aromatic N) is 1. The van der Waals surface area contributed by atoms with Crippen molar-refractivity contribution in [2.75, 3.05) is 17.7 Å². The molecular weight excluding hydrogens is 378 g/mol. The molecule has 0 radical (unpaired) electrons. The molecule has 28 heavy (non-hydrogen) atoms. The molecule has 142 valence electrons. The molecule has 0 fully saturated rings. The van der Waals surface area contributed by atoms with E-state index in [1.165, 1.54) is 13.3 Å². The highest BCUT2D eigenvalue weighted by atomic mass is 35.5. The molecule has 0 unspecified atom stereocenters. The standard InChI is InChI=1S/C21H18ClN3O3/c1-13-7-8-15(10-18(13)22)25-20(26)14-9-16(12-23-11-14)24-19-6-4-3-5-17(19)21(27)28-2/h3-12,24H,1-2H3,(H,25,26). The van der Waals surface area contributed by atoms with Crippen LogP contribution in [0.15, 0.2) is 60.9 Å². The monoisotopic (exact) mass is 395 g/mol. The second kappa shape index (κ2) is 8.54. The average Bonchev–Trinajstić information content (AvgIpc) is 2.71. The Kier molecular flexibility index (Phi) is 5.91.